The van der Waals surface area contributed by atoms with Gasteiger partial charge in [0.15, 0.2) is 0 Å². The van der Waals surface area contributed by atoms with Crippen LogP contribution in [0, 0.1) is 0 Å². The van der Waals surface area contributed by atoms with Crippen molar-refractivity contribution in [3.63, 3.8) is 0 Å². The minimum absolute atomic E-state index is 0.179. The smallest absolute Gasteiger partial charge is 0.352 e. The van der Waals surface area contributed by atoms with E-state index in [1.807, 2.05) is 6.07 Å². The Morgan fingerprint density at radius 1 is 1.40 bits per heavy atom. The van der Waals surface area contributed by atoms with Crippen molar-refractivity contribution < 1.29 is 19.4 Å². The highest BCUT2D eigenvalue weighted by Crippen LogP contribution is 2.25. The molecule has 0 aliphatic heterocycles. The van der Waals surface area contributed by atoms with Crippen molar-refractivity contribution in [3.8, 4) is 5.75 Å². The van der Waals surface area contributed by atoms with E-state index in [1.54, 1.807) is 25.4 Å². The molecule has 0 spiro atoms. The van der Waals surface area contributed by atoms with Gasteiger partial charge in [0, 0.05) is 29.6 Å². The minimum atomic E-state index is -1.20. The third-order valence-corrected chi connectivity index (χ3v) is 2.76. The van der Waals surface area contributed by atoms with Crippen LogP contribution in [0.1, 0.15) is 12.5 Å². The Morgan fingerprint density at radius 2 is 2.15 bits per heavy atom. The number of nitrogens with one attached hydrogen (secondary N) is 2. The quantitative estimate of drug-likeness (QED) is 0.740. The molecule has 20 heavy (non-hydrogen) atoms. The highest BCUT2D eigenvalue weighted by molar-refractivity contribution is 5.99. The minimum Gasteiger partial charge on any atom is -0.497 e. The van der Waals surface area contributed by atoms with Crippen molar-refractivity contribution in [2.75, 3.05) is 7.11 Å². The van der Waals surface area contributed by atoms with Crippen LogP contribution in [0.4, 0.5) is 0 Å². The van der Waals surface area contributed by atoms with Gasteiger partial charge < -0.3 is 20.1 Å². The van der Waals surface area contributed by atoms with Gasteiger partial charge in [-0.05, 0) is 24.3 Å². The number of carbonyl (C=O) groups excluding carboxylic acids is 1. The van der Waals surface area contributed by atoms with Gasteiger partial charge in [0.05, 0.1) is 7.11 Å². The Morgan fingerprint density at radius 3 is 2.75 bits per heavy atom. The molecular weight excluding hydrogens is 260 g/mol. The first-order chi connectivity index (χ1) is 9.51. The third kappa shape index (κ3) is 2.80. The molecule has 6 heteroatoms. The second-order valence-electron chi connectivity index (χ2n) is 4.20. The summed E-state index contributed by atoms with van der Waals surface area (Å²) in [6, 6.07) is 5.44. The fourth-order valence-corrected chi connectivity index (χ4v) is 1.86. The van der Waals surface area contributed by atoms with E-state index in [-0.39, 0.29) is 5.70 Å². The summed E-state index contributed by atoms with van der Waals surface area (Å²) in [5, 5.41) is 12.2. The molecule has 1 heterocycles. The molecule has 3 N–H and O–H groups in total. The average molecular weight is 274 g/mol. The number of ether oxygens (including phenoxy) is 1. The summed E-state index contributed by atoms with van der Waals surface area (Å²) in [5.74, 6) is -0.961. The molecule has 0 aliphatic rings. The van der Waals surface area contributed by atoms with Crippen LogP contribution in [0.3, 0.4) is 0 Å². The van der Waals surface area contributed by atoms with E-state index in [0.717, 1.165) is 10.9 Å². The maximum atomic E-state index is 11.1. The number of aromatic amines is 1. The molecule has 1 aromatic carbocycles. The summed E-state index contributed by atoms with van der Waals surface area (Å²) in [5.41, 5.74) is 1.33. The van der Waals surface area contributed by atoms with Gasteiger partial charge >= 0.3 is 5.97 Å². The molecular formula is C14H14N2O4. The molecule has 0 bridgehead atoms. The van der Waals surface area contributed by atoms with Gasteiger partial charge in [-0.15, -0.1) is 0 Å². The van der Waals surface area contributed by atoms with Gasteiger partial charge in [0.2, 0.25) is 5.91 Å². The molecule has 0 fully saturated rings. The molecule has 0 saturated carbocycles. The third-order valence-electron chi connectivity index (χ3n) is 2.76. The molecule has 104 valence electrons. The van der Waals surface area contributed by atoms with E-state index < -0.39 is 11.9 Å². The molecule has 0 atom stereocenters. The second kappa shape index (κ2) is 5.48. The molecule has 6 nitrogen and oxygen atoms in total. The number of amides is 1. The van der Waals surface area contributed by atoms with Crippen molar-refractivity contribution in [2.45, 2.75) is 6.92 Å². The molecule has 0 radical (unpaired) electrons. The second-order valence-corrected chi connectivity index (χ2v) is 4.20. The monoisotopic (exact) mass is 274 g/mol. The predicted octanol–water partition coefficient (Wildman–Crippen LogP) is 1.74. The Labute approximate surface area is 115 Å². The molecule has 1 aromatic heterocycles. The lowest BCUT2D eigenvalue weighted by atomic mass is 10.1. The van der Waals surface area contributed by atoms with Crippen LogP contribution in [0.2, 0.25) is 0 Å². The fourth-order valence-electron chi connectivity index (χ4n) is 1.86. The van der Waals surface area contributed by atoms with E-state index in [0.29, 0.717) is 11.3 Å². The van der Waals surface area contributed by atoms with E-state index in [9.17, 15) is 9.59 Å². The van der Waals surface area contributed by atoms with Crippen LogP contribution in [0.15, 0.2) is 30.1 Å². The van der Waals surface area contributed by atoms with Crippen LogP contribution in [0.5, 0.6) is 5.75 Å². The van der Waals surface area contributed by atoms with Crippen molar-refractivity contribution in [2.24, 2.45) is 0 Å². The SMILES string of the molecule is COc1ccc2[nH]cc(/C=C(\NC(C)=O)C(=O)O)c2c1. The topological polar surface area (TPSA) is 91.4 Å². The van der Waals surface area contributed by atoms with Gasteiger partial charge in [-0.1, -0.05) is 0 Å². The number of H-pyrrole nitrogens is 1. The van der Waals surface area contributed by atoms with E-state index in [4.69, 9.17) is 9.84 Å². The summed E-state index contributed by atoms with van der Waals surface area (Å²) in [6.07, 6.45) is 3.08. The first kappa shape index (κ1) is 13.7. The Bertz CT molecular complexity index is 700. The molecule has 0 unspecified atom stereocenters. The summed E-state index contributed by atoms with van der Waals surface area (Å²) >= 11 is 0. The zero-order valence-electron chi connectivity index (χ0n) is 11.1. The maximum Gasteiger partial charge on any atom is 0.352 e. The summed E-state index contributed by atoms with van der Waals surface area (Å²) in [7, 11) is 1.56. The first-order valence-corrected chi connectivity index (χ1v) is 5.89. The molecule has 1 amide bonds. The Hall–Kier alpha value is -2.76. The van der Waals surface area contributed by atoms with Crippen LogP contribution in [0.25, 0.3) is 17.0 Å². The highest BCUT2D eigenvalue weighted by Gasteiger charge is 2.11. The summed E-state index contributed by atoms with van der Waals surface area (Å²) < 4.78 is 5.14. The summed E-state index contributed by atoms with van der Waals surface area (Å²) in [4.78, 5) is 25.1. The number of aromatic nitrogens is 1. The lowest BCUT2D eigenvalue weighted by Gasteiger charge is -2.03. The Balaban J connectivity index is 2.50. The Kier molecular flexibility index (Phi) is 3.74. The number of benzene rings is 1. The van der Waals surface area contributed by atoms with Crippen LogP contribution in [-0.4, -0.2) is 29.1 Å². The van der Waals surface area contributed by atoms with Crippen LogP contribution >= 0.6 is 0 Å². The lowest BCUT2D eigenvalue weighted by molar-refractivity contribution is -0.134. The molecule has 2 rings (SSSR count). The van der Waals surface area contributed by atoms with Crippen molar-refractivity contribution >= 4 is 28.9 Å². The van der Waals surface area contributed by atoms with Crippen molar-refractivity contribution in [3.05, 3.63) is 35.7 Å². The number of fused-ring (bicyclic) bond motifs is 1. The molecule has 0 saturated heterocycles. The first-order valence-electron chi connectivity index (χ1n) is 5.89. The number of carboxylic acids is 1. The van der Waals surface area contributed by atoms with Crippen molar-refractivity contribution in [1.29, 1.82) is 0 Å². The summed E-state index contributed by atoms with van der Waals surface area (Å²) in [6.45, 7) is 1.26. The molecule has 0 aliphatic carbocycles. The largest absolute Gasteiger partial charge is 0.497 e. The lowest BCUT2D eigenvalue weighted by Crippen LogP contribution is -2.24. The predicted molar refractivity (Wildman–Crippen MR) is 74.3 cm³/mol. The zero-order valence-corrected chi connectivity index (χ0v) is 11.1. The number of rotatable bonds is 4. The van der Waals surface area contributed by atoms with E-state index in [2.05, 4.69) is 10.3 Å². The fraction of sp³-hybridized carbons (Fsp3) is 0.143. The van der Waals surface area contributed by atoms with Crippen LogP contribution < -0.4 is 10.1 Å². The average Bonchev–Trinajstić information content (AvgIpc) is 2.79. The zero-order chi connectivity index (χ0) is 14.7. The van der Waals surface area contributed by atoms with Gasteiger partial charge in [-0.25, -0.2) is 4.79 Å². The van der Waals surface area contributed by atoms with Gasteiger partial charge in [-0.2, -0.15) is 0 Å². The number of carboxylic acid groups (broad SMARTS) is 1. The van der Waals surface area contributed by atoms with Gasteiger partial charge in [0.1, 0.15) is 11.4 Å². The van der Waals surface area contributed by atoms with Gasteiger partial charge in [0.25, 0.3) is 0 Å². The standard InChI is InChI=1S/C14H14N2O4/c1-8(17)16-13(14(18)19)5-9-7-15-12-4-3-10(20-2)6-11(9)12/h3-7,15H,1-2H3,(H,16,17)(H,18,19)/b13-5-. The number of hydrogen-bond acceptors (Lipinski definition) is 3. The van der Waals surface area contributed by atoms with E-state index >= 15 is 0 Å². The highest BCUT2D eigenvalue weighted by atomic mass is 16.5. The maximum absolute atomic E-state index is 11.1. The van der Waals surface area contributed by atoms with E-state index in [1.165, 1.54) is 13.0 Å². The van der Waals surface area contributed by atoms with Gasteiger partial charge in [-0.3, -0.25) is 4.79 Å². The number of hydrogen-bond donors (Lipinski definition) is 3. The normalized spacial score (nSPS) is 11.4. The van der Waals surface area contributed by atoms with Crippen LogP contribution in [-0.2, 0) is 9.59 Å². The molecule has 2 aromatic rings. The number of carbonyl (C=O) groups is 2. The van der Waals surface area contributed by atoms with Crippen molar-refractivity contribution in [1.82, 2.24) is 10.3 Å². The number of aliphatic carboxylic acids is 1. The number of methoxy groups -OCH3 is 1.